The Morgan fingerprint density at radius 2 is 2.07 bits per heavy atom. The SMILES string of the molecule is C=C(Nc1cccc(C2CCNCC2)c1)c1c(/C=C(\N)NCCN)cc[nH]c1=O. The number of pyridine rings is 1. The van der Waals surface area contributed by atoms with Gasteiger partial charge in [0.05, 0.1) is 11.4 Å². The van der Waals surface area contributed by atoms with E-state index in [0.29, 0.717) is 41.7 Å². The number of benzene rings is 1. The number of aromatic amines is 1. The van der Waals surface area contributed by atoms with Gasteiger partial charge >= 0.3 is 0 Å². The number of nitrogens with one attached hydrogen (secondary N) is 4. The molecule has 0 atom stereocenters. The van der Waals surface area contributed by atoms with E-state index in [-0.39, 0.29) is 5.56 Å². The standard InChI is InChI=1S/C22H30N6O/c1-15(21-18(7-11-27-22(21)29)14-20(24)26-12-8-23)28-19-4-2-3-17(13-19)16-5-9-25-10-6-16/h2-4,7,11,13-14,16,25-26,28H,1,5-6,8-10,12,23-24H2,(H,27,29)/b20-14+. The summed E-state index contributed by atoms with van der Waals surface area (Å²) in [6, 6.07) is 10.1. The quantitative estimate of drug-likeness (QED) is 0.406. The van der Waals surface area contributed by atoms with Crippen LogP contribution in [0.5, 0.6) is 0 Å². The summed E-state index contributed by atoms with van der Waals surface area (Å²) in [5, 5.41) is 9.70. The van der Waals surface area contributed by atoms with Crippen LogP contribution in [0.4, 0.5) is 5.69 Å². The Kier molecular flexibility index (Phi) is 7.10. The van der Waals surface area contributed by atoms with Crippen LogP contribution in [-0.2, 0) is 0 Å². The largest absolute Gasteiger partial charge is 0.386 e. The first kappa shape index (κ1) is 20.7. The van der Waals surface area contributed by atoms with Gasteiger partial charge in [0, 0.05) is 30.7 Å². The van der Waals surface area contributed by atoms with Crippen molar-refractivity contribution in [1.29, 1.82) is 0 Å². The highest BCUT2D eigenvalue weighted by Crippen LogP contribution is 2.28. The molecule has 1 aliphatic rings. The summed E-state index contributed by atoms with van der Waals surface area (Å²) < 4.78 is 0. The summed E-state index contributed by atoms with van der Waals surface area (Å²) in [6.45, 7) is 7.22. The van der Waals surface area contributed by atoms with Crippen LogP contribution in [0.2, 0.25) is 0 Å². The Labute approximate surface area is 171 Å². The minimum atomic E-state index is -0.225. The van der Waals surface area contributed by atoms with E-state index in [1.165, 1.54) is 5.56 Å². The second-order valence-electron chi connectivity index (χ2n) is 7.21. The van der Waals surface area contributed by atoms with Crippen LogP contribution in [-0.4, -0.2) is 31.2 Å². The lowest BCUT2D eigenvalue weighted by Gasteiger charge is -2.23. The molecule has 154 valence electrons. The van der Waals surface area contributed by atoms with Gasteiger partial charge < -0.3 is 32.4 Å². The number of piperidine rings is 1. The molecule has 29 heavy (non-hydrogen) atoms. The highest BCUT2D eigenvalue weighted by Gasteiger charge is 2.16. The zero-order chi connectivity index (χ0) is 20.6. The fraction of sp³-hybridized carbons (Fsp3) is 0.318. The van der Waals surface area contributed by atoms with Crippen molar-refractivity contribution in [3.05, 3.63) is 76.0 Å². The molecule has 7 heteroatoms. The van der Waals surface area contributed by atoms with Gasteiger partial charge in [-0.1, -0.05) is 18.7 Å². The molecule has 0 unspecified atom stereocenters. The Hall–Kier alpha value is -3.03. The van der Waals surface area contributed by atoms with Crippen LogP contribution in [0.3, 0.4) is 0 Å². The van der Waals surface area contributed by atoms with Crippen molar-refractivity contribution in [2.24, 2.45) is 11.5 Å². The first-order chi connectivity index (χ1) is 14.1. The van der Waals surface area contributed by atoms with E-state index in [4.69, 9.17) is 11.5 Å². The van der Waals surface area contributed by atoms with Crippen LogP contribution < -0.4 is 33.0 Å². The molecule has 3 rings (SSSR count). The van der Waals surface area contributed by atoms with Crippen molar-refractivity contribution in [3.63, 3.8) is 0 Å². The molecule has 1 aliphatic heterocycles. The average Bonchev–Trinajstić information content (AvgIpc) is 2.73. The Morgan fingerprint density at radius 1 is 1.28 bits per heavy atom. The minimum Gasteiger partial charge on any atom is -0.386 e. The number of hydrogen-bond donors (Lipinski definition) is 6. The monoisotopic (exact) mass is 394 g/mol. The summed E-state index contributed by atoms with van der Waals surface area (Å²) >= 11 is 0. The van der Waals surface area contributed by atoms with E-state index in [1.807, 2.05) is 12.1 Å². The van der Waals surface area contributed by atoms with Crippen molar-refractivity contribution in [2.45, 2.75) is 18.8 Å². The lowest BCUT2D eigenvalue weighted by molar-refractivity contribution is 0.460. The van der Waals surface area contributed by atoms with Gasteiger partial charge in [0.1, 0.15) is 0 Å². The van der Waals surface area contributed by atoms with Crippen molar-refractivity contribution >= 4 is 17.5 Å². The number of hydrogen-bond acceptors (Lipinski definition) is 6. The minimum absolute atomic E-state index is 0.225. The van der Waals surface area contributed by atoms with E-state index < -0.39 is 0 Å². The third kappa shape index (κ3) is 5.49. The molecule has 2 aromatic rings. The van der Waals surface area contributed by atoms with E-state index in [1.54, 1.807) is 18.3 Å². The lowest BCUT2D eigenvalue weighted by atomic mass is 9.90. The van der Waals surface area contributed by atoms with Crippen LogP contribution in [0.15, 0.2) is 53.7 Å². The van der Waals surface area contributed by atoms with Gasteiger partial charge in [-0.25, -0.2) is 0 Å². The second-order valence-corrected chi connectivity index (χ2v) is 7.21. The zero-order valence-electron chi connectivity index (χ0n) is 16.6. The normalized spacial score (nSPS) is 15.1. The number of aromatic nitrogens is 1. The van der Waals surface area contributed by atoms with Gasteiger partial charge in [-0.05, 0) is 67.3 Å². The molecule has 8 N–H and O–H groups in total. The Bertz CT molecular complexity index is 927. The number of rotatable bonds is 8. The Balaban J connectivity index is 1.81. The third-order valence-electron chi connectivity index (χ3n) is 5.07. The maximum atomic E-state index is 12.5. The topological polar surface area (TPSA) is 121 Å². The summed E-state index contributed by atoms with van der Waals surface area (Å²) in [4.78, 5) is 15.2. The molecular weight excluding hydrogens is 364 g/mol. The van der Waals surface area contributed by atoms with Crippen LogP contribution >= 0.6 is 0 Å². The van der Waals surface area contributed by atoms with Crippen molar-refractivity contribution in [2.75, 3.05) is 31.5 Å². The molecule has 0 saturated carbocycles. The van der Waals surface area contributed by atoms with Crippen LogP contribution in [0.1, 0.15) is 35.4 Å². The predicted octanol–water partition coefficient (Wildman–Crippen LogP) is 1.73. The smallest absolute Gasteiger partial charge is 0.257 e. The van der Waals surface area contributed by atoms with Gasteiger partial charge in [-0.3, -0.25) is 4.79 Å². The molecule has 0 amide bonds. The molecule has 7 nitrogen and oxygen atoms in total. The highest BCUT2D eigenvalue weighted by atomic mass is 16.1. The van der Waals surface area contributed by atoms with Crippen molar-refractivity contribution < 1.29 is 0 Å². The number of nitrogens with two attached hydrogens (primary N) is 2. The molecule has 0 aliphatic carbocycles. The zero-order valence-corrected chi connectivity index (χ0v) is 16.6. The van der Waals surface area contributed by atoms with Gasteiger partial charge in [0.25, 0.3) is 5.56 Å². The summed E-state index contributed by atoms with van der Waals surface area (Å²) in [7, 11) is 0. The number of anilines is 1. The number of H-pyrrole nitrogens is 1. The molecule has 2 heterocycles. The van der Waals surface area contributed by atoms with E-state index in [9.17, 15) is 4.79 Å². The van der Waals surface area contributed by atoms with Gasteiger partial charge in [-0.15, -0.1) is 0 Å². The van der Waals surface area contributed by atoms with Crippen molar-refractivity contribution in [3.8, 4) is 0 Å². The van der Waals surface area contributed by atoms with E-state index in [2.05, 4.69) is 39.6 Å². The fourth-order valence-corrected chi connectivity index (χ4v) is 3.62. The highest BCUT2D eigenvalue weighted by molar-refractivity contribution is 5.80. The van der Waals surface area contributed by atoms with Gasteiger partial charge in [-0.2, -0.15) is 0 Å². The molecule has 0 spiro atoms. The van der Waals surface area contributed by atoms with Crippen molar-refractivity contribution in [1.82, 2.24) is 15.6 Å². The average molecular weight is 395 g/mol. The lowest BCUT2D eigenvalue weighted by Crippen LogP contribution is -2.26. The molecule has 1 fully saturated rings. The maximum Gasteiger partial charge on any atom is 0.257 e. The molecular formula is C22H30N6O. The molecule has 1 aromatic heterocycles. The molecule has 1 saturated heterocycles. The molecule has 0 radical (unpaired) electrons. The fourth-order valence-electron chi connectivity index (χ4n) is 3.62. The summed E-state index contributed by atoms with van der Waals surface area (Å²) in [5.41, 5.74) is 15.1. The van der Waals surface area contributed by atoms with Crippen LogP contribution in [0.25, 0.3) is 11.8 Å². The Morgan fingerprint density at radius 3 is 2.83 bits per heavy atom. The maximum absolute atomic E-state index is 12.5. The molecule has 1 aromatic carbocycles. The first-order valence-corrected chi connectivity index (χ1v) is 9.98. The third-order valence-corrected chi connectivity index (χ3v) is 5.07. The first-order valence-electron chi connectivity index (χ1n) is 9.98. The molecule has 0 bridgehead atoms. The van der Waals surface area contributed by atoms with E-state index >= 15 is 0 Å². The van der Waals surface area contributed by atoms with Gasteiger partial charge in [0.2, 0.25) is 0 Å². The second kappa shape index (κ2) is 9.95. The van der Waals surface area contributed by atoms with E-state index in [0.717, 1.165) is 31.6 Å². The predicted molar refractivity (Wildman–Crippen MR) is 120 cm³/mol. The van der Waals surface area contributed by atoms with Crippen LogP contribution in [0, 0.1) is 0 Å². The summed E-state index contributed by atoms with van der Waals surface area (Å²) in [6.07, 6.45) is 5.58. The summed E-state index contributed by atoms with van der Waals surface area (Å²) in [5.74, 6) is 1.00. The van der Waals surface area contributed by atoms with Gasteiger partial charge in [0.15, 0.2) is 0 Å².